The van der Waals surface area contributed by atoms with Crippen LogP contribution in [0, 0.1) is 0 Å². The van der Waals surface area contributed by atoms with Crippen LogP contribution >= 0.6 is 12.4 Å². The van der Waals surface area contributed by atoms with Crippen molar-refractivity contribution in [1.29, 1.82) is 0 Å². The van der Waals surface area contributed by atoms with Crippen LogP contribution in [0.2, 0.25) is 0 Å². The molecule has 1 aromatic rings. The topological polar surface area (TPSA) is 0 Å². The molecule has 0 saturated heterocycles. The minimum Gasteiger partial charge on any atom is -0.147 e. The van der Waals surface area contributed by atoms with Crippen molar-refractivity contribution in [2.24, 2.45) is 0 Å². The summed E-state index contributed by atoms with van der Waals surface area (Å²) in [5, 5.41) is 0. The largest absolute Gasteiger partial charge is 0.147 e. The van der Waals surface area contributed by atoms with Crippen molar-refractivity contribution < 1.29 is 0 Å². The average Bonchev–Trinajstić information content (AvgIpc) is 1.91. The summed E-state index contributed by atoms with van der Waals surface area (Å²) in [4.78, 5) is 0. The maximum atomic E-state index is 2.20. The van der Waals surface area contributed by atoms with Crippen LogP contribution in [0.3, 0.4) is 0 Å². The lowest BCUT2D eigenvalue weighted by atomic mass is 10.1. The van der Waals surface area contributed by atoms with Crippen molar-refractivity contribution >= 4 is 12.4 Å². The smallest absolute Gasteiger partial charge is 0.0281 e. The van der Waals surface area contributed by atoms with Crippen molar-refractivity contribution in [2.45, 2.75) is 19.8 Å². The summed E-state index contributed by atoms with van der Waals surface area (Å²) < 4.78 is 0. The summed E-state index contributed by atoms with van der Waals surface area (Å²) in [6.07, 6.45) is 2.45. The summed E-state index contributed by atoms with van der Waals surface area (Å²) in [5.74, 6) is 0. The molecular formula is C9H13Cl. The molecule has 10 heavy (non-hydrogen) atoms. The van der Waals surface area contributed by atoms with Crippen molar-refractivity contribution in [3.05, 3.63) is 35.9 Å². The second kappa shape index (κ2) is 5.31. The minimum atomic E-state index is 0. The first-order valence-corrected chi connectivity index (χ1v) is 3.47. The third kappa shape index (κ3) is 2.88. The third-order valence-electron chi connectivity index (χ3n) is 1.38. The lowest BCUT2D eigenvalue weighted by Gasteiger charge is -1.93. The van der Waals surface area contributed by atoms with E-state index >= 15 is 0 Å². The molecule has 0 N–H and O–H groups in total. The minimum absolute atomic E-state index is 0. The Morgan fingerprint density at radius 3 is 2.20 bits per heavy atom. The van der Waals surface area contributed by atoms with E-state index in [1.807, 2.05) is 0 Å². The SMILES string of the molecule is CCCc1ccccc1.Cl. The Kier molecular flexibility index (Phi) is 5.05. The fraction of sp³-hybridized carbons (Fsp3) is 0.333. The van der Waals surface area contributed by atoms with Gasteiger partial charge in [0.15, 0.2) is 0 Å². The molecule has 0 nitrogen and oxygen atoms in total. The number of rotatable bonds is 2. The van der Waals surface area contributed by atoms with Gasteiger partial charge in [-0.3, -0.25) is 0 Å². The quantitative estimate of drug-likeness (QED) is 0.618. The lowest BCUT2D eigenvalue weighted by molar-refractivity contribution is 0.922. The molecule has 0 unspecified atom stereocenters. The third-order valence-corrected chi connectivity index (χ3v) is 1.38. The standard InChI is InChI=1S/C9H12.ClH/c1-2-6-9-7-4-3-5-8-9;/h3-5,7-8H,2,6H2,1H3;1H. The molecule has 0 saturated carbocycles. The van der Waals surface area contributed by atoms with E-state index in [1.165, 1.54) is 18.4 Å². The Morgan fingerprint density at radius 2 is 1.70 bits per heavy atom. The van der Waals surface area contributed by atoms with Gasteiger partial charge < -0.3 is 0 Å². The van der Waals surface area contributed by atoms with Gasteiger partial charge in [-0.05, 0) is 12.0 Å². The number of aryl methyl sites for hydroxylation is 1. The van der Waals surface area contributed by atoms with Gasteiger partial charge in [-0.2, -0.15) is 0 Å². The van der Waals surface area contributed by atoms with Gasteiger partial charge in [-0.1, -0.05) is 43.7 Å². The second-order valence-electron chi connectivity index (χ2n) is 2.24. The highest BCUT2D eigenvalue weighted by Crippen LogP contribution is 2.00. The molecule has 0 heterocycles. The molecular weight excluding hydrogens is 144 g/mol. The maximum absolute atomic E-state index is 2.20. The number of hydrogen-bond donors (Lipinski definition) is 0. The van der Waals surface area contributed by atoms with Gasteiger partial charge in [-0.15, -0.1) is 12.4 Å². The van der Waals surface area contributed by atoms with Crippen LogP contribution in [0.5, 0.6) is 0 Å². The molecule has 1 heteroatoms. The van der Waals surface area contributed by atoms with E-state index in [-0.39, 0.29) is 12.4 Å². The van der Waals surface area contributed by atoms with Gasteiger partial charge in [0.1, 0.15) is 0 Å². The van der Waals surface area contributed by atoms with E-state index in [4.69, 9.17) is 0 Å². The van der Waals surface area contributed by atoms with Crippen molar-refractivity contribution in [3.8, 4) is 0 Å². The Morgan fingerprint density at radius 1 is 1.10 bits per heavy atom. The van der Waals surface area contributed by atoms with E-state index in [9.17, 15) is 0 Å². The van der Waals surface area contributed by atoms with Crippen molar-refractivity contribution in [2.75, 3.05) is 0 Å². The van der Waals surface area contributed by atoms with Crippen LogP contribution in [0.25, 0.3) is 0 Å². The Hall–Kier alpha value is -0.490. The predicted octanol–water partition coefficient (Wildman–Crippen LogP) is 3.06. The first kappa shape index (κ1) is 9.51. The molecule has 1 aromatic carbocycles. The highest BCUT2D eigenvalue weighted by atomic mass is 35.5. The fourth-order valence-corrected chi connectivity index (χ4v) is 0.933. The fourth-order valence-electron chi connectivity index (χ4n) is 0.933. The van der Waals surface area contributed by atoms with Gasteiger partial charge in [0.2, 0.25) is 0 Å². The number of hydrogen-bond acceptors (Lipinski definition) is 0. The van der Waals surface area contributed by atoms with Crippen LogP contribution in [0.4, 0.5) is 0 Å². The summed E-state index contributed by atoms with van der Waals surface area (Å²) in [6, 6.07) is 10.6. The van der Waals surface area contributed by atoms with Gasteiger partial charge in [0.05, 0.1) is 0 Å². The van der Waals surface area contributed by atoms with Crippen molar-refractivity contribution in [3.63, 3.8) is 0 Å². The highest BCUT2D eigenvalue weighted by Gasteiger charge is 1.84. The summed E-state index contributed by atoms with van der Waals surface area (Å²) in [7, 11) is 0. The first-order valence-electron chi connectivity index (χ1n) is 3.47. The molecule has 0 bridgehead atoms. The maximum Gasteiger partial charge on any atom is -0.0281 e. The Bertz CT molecular complexity index is 158. The van der Waals surface area contributed by atoms with Crippen LogP contribution in [-0.4, -0.2) is 0 Å². The van der Waals surface area contributed by atoms with E-state index in [1.54, 1.807) is 0 Å². The molecule has 0 spiro atoms. The molecule has 0 radical (unpaired) electrons. The number of halogens is 1. The Labute approximate surface area is 68.7 Å². The van der Waals surface area contributed by atoms with Gasteiger partial charge in [-0.25, -0.2) is 0 Å². The molecule has 56 valence electrons. The molecule has 1 rings (SSSR count). The second-order valence-corrected chi connectivity index (χ2v) is 2.24. The predicted molar refractivity (Wildman–Crippen MR) is 47.7 cm³/mol. The molecule has 0 aliphatic carbocycles. The van der Waals surface area contributed by atoms with E-state index in [0.717, 1.165) is 0 Å². The van der Waals surface area contributed by atoms with Gasteiger partial charge in [0, 0.05) is 0 Å². The monoisotopic (exact) mass is 156 g/mol. The molecule has 0 fully saturated rings. The Balaban J connectivity index is 0.000000810. The van der Waals surface area contributed by atoms with E-state index in [2.05, 4.69) is 37.3 Å². The zero-order chi connectivity index (χ0) is 6.53. The summed E-state index contributed by atoms with van der Waals surface area (Å²) in [6.45, 7) is 2.20. The van der Waals surface area contributed by atoms with Gasteiger partial charge in [0.25, 0.3) is 0 Å². The van der Waals surface area contributed by atoms with Crippen LogP contribution in [-0.2, 0) is 6.42 Å². The van der Waals surface area contributed by atoms with E-state index in [0.29, 0.717) is 0 Å². The molecule has 0 aliphatic heterocycles. The zero-order valence-electron chi connectivity index (χ0n) is 6.21. The van der Waals surface area contributed by atoms with Crippen LogP contribution in [0.1, 0.15) is 18.9 Å². The summed E-state index contributed by atoms with van der Waals surface area (Å²) in [5.41, 5.74) is 1.44. The van der Waals surface area contributed by atoms with Crippen LogP contribution in [0.15, 0.2) is 30.3 Å². The lowest BCUT2D eigenvalue weighted by Crippen LogP contribution is -1.78. The van der Waals surface area contributed by atoms with Gasteiger partial charge >= 0.3 is 0 Å². The zero-order valence-corrected chi connectivity index (χ0v) is 7.03. The normalized spacial score (nSPS) is 8.50. The highest BCUT2D eigenvalue weighted by molar-refractivity contribution is 5.85. The molecule has 0 aromatic heterocycles. The average molecular weight is 157 g/mol. The summed E-state index contributed by atoms with van der Waals surface area (Å²) >= 11 is 0. The molecule has 0 amide bonds. The molecule has 0 atom stereocenters. The molecule has 0 aliphatic rings. The van der Waals surface area contributed by atoms with Crippen molar-refractivity contribution in [1.82, 2.24) is 0 Å². The first-order chi connectivity index (χ1) is 4.43. The number of benzene rings is 1. The van der Waals surface area contributed by atoms with E-state index < -0.39 is 0 Å². The van der Waals surface area contributed by atoms with Crippen LogP contribution < -0.4 is 0 Å².